The van der Waals surface area contributed by atoms with E-state index in [9.17, 15) is 4.79 Å². The number of aromatic nitrogens is 2. The number of hydrogen-bond acceptors (Lipinski definition) is 3. The van der Waals surface area contributed by atoms with Gasteiger partial charge in [-0.2, -0.15) is 5.10 Å². The third kappa shape index (κ3) is 4.57. The molecule has 0 aliphatic carbocycles. The van der Waals surface area contributed by atoms with Crippen LogP contribution in [0, 0.1) is 5.92 Å². The van der Waals surface area contributed by atoms with Crippen LogP contribution < -0.4 is 0 Å². The maximum absolute atomic E-state index is 11.9. The fourth-order valence-electron chi connectivity index (χ4n) is 3.26. The van der Waals surface area contributed by atoms with Gasteiger partial charge in [0.05, 0.1) is 5.69 Å². The lowest BCUT2D eigenvalue weighted by Gasteiger charge is -2.36. The Kier molecular flexibility index (Phi) is 6.00. The molecular formula is C17H30N4O. The van der Waals surface area contributed by atoms with Crippen LogP contribution in [0.5, 0.6) is 0 Å². The third-order valence-electron chi connectivity index (χ3n) is 4.37. The molecule has 5 nitrogen and oxygen atoms in total. The maximum Gasteiger partial charge on any atom is 0.222 e. The minimum Gasteiger partial charge on any atom is -0.340 e. The highest BCUT2D eigenvalue weighted by molar-refractivity contribution is 5.77. The van der Waals surface area contributed by atoms with Gasteiger partial charge in [0.15, 0.2) is 0 Å². The first-order valence-corrected chi connectivity index (χ1v) is 8.50. The molecule has 2 heterocycles. The van der Waals surface area contributed by atoms with E-state index in [4.69, 9.17) is 0 Å². The summed E-state index contributed by atoms with van der Waals surface area (Å²) >= 11 is 0. The largest absolute Gasteiger partial charge is 0.340 e. The van der Waals surface area contributed by atoms with E-state index in [-0.39, 0.29) is 0 Å². The van der Waals surface area contributed by atoms with E-state index in [0.29, 0.717) is 24.3 Å². The number of piperidine rings is 1. The molecule has 2 rings (SSSR count). The van der Waals surface area contributed by atoms with Crippen LogP contribution in [0.4, 0.5) is 0 Å². The van der Waals surface area contributed by atoms with Crippen molar-refractivity contribution in [3.05, 3.63) is 17.5 Å². The van der Waals surface area contributed by atoms with Gasteiger partial charge in [0.2, 0.25) is 5.91 Å². The number of amides is 1. The molecule has 0 radical (unpaired) electrons. The fourth-order valence-corrected chi connectivity index (χ4v) is 3.26. The number of aromatic amines is 1. The Morgan fingerprint density at radius 2 is 2.27 bits per heavy atom. The van der Waals surface area contributed by atoms with Crippen molar-refractivity contribution in [2.24, 2.45) is 5.92 Å². The summed E-state index contributed by atoms with van der Waals surface area (Å²) in [6, 6.07) is 2.48. The minimum absolute atomic E-state index is 0.310. The highest BCUT2D eigenvalue weighted by atomic mass is 16.2. The zero-order valence-corrected chi connectivity index (χ0v) is 14.4. The summed E-state index contributed by atoms with van der Waals surface area (Å²) in [7, 11) is 2.15. The van der Waals surface area contributed by atoms with Crippen LogP contribution >= 0.6 is 0 Å². The number of aryl methyl sites for hydroxylation is 1. The van der Waals surface area contributed by atoms with Crippen molar-refractivity contribution in [2.75, 3.05) is 20.1 Å². The summed E-state index contributed by atoms with van der Waals surface area (Å²) in [6.45, 7) is 9.19. The van der Waals surface area contributed by atoms with Crippen molar-refractivity contribution in [1.29, 1.82) is 0 Å². The van der Waals surface area contributed by atoms with Gasteiger partial charge in [-0.25, -0.2) is 0 Å². The molecule has 1 aromatic rings. The normalized spacial score (nSPS) is 19.5. The predicted octanol–water partition coefficient (Wildman–Crippen LogP) is 2.44. The van der Waals surface area contributed by atoms with Crippen molar-refractivity contribution in [1.82, 2.24) is 20.0 Å². The average Bonchev–Trinajstić information content (AvgIpc) is 2.88. The molecule has 5 heteroatoms. The molecule has 1 amide bonds. The lowest BCUT2D eigenvalue weighted by atomic mass is 9.96. The Balaban J connectivity index is 1.83. The van der Waals surface area contributed by atoms with E-state index in [2.05, 4.69) is 49.0 Å². The molecule has 0 aromatic carbocycles. The predicted molar refractivity (Wildman–Crippen MR) is 88.5 cm³/mol. The van der Waals surface area contributed by atoms with Crippen molar-refractivity contribution in [3.8, 4) is 0 Å². The Morgan fingerprint density at radius 3 is 2.95 bits per heavy atom. The zero-order chi connectivity index (χ0) is 16.1. The SMILES string of the molecule is CCCc1cc(CN(C)CC2CCC(=O)N(C(C)C)C2)[nH]n1. The number of H-pyrrole nitrogens is 1. The van der Waals surface area contributed by atoms with E-state index in [1.54, 1.807) is 0 Å². The van der Waals surface area contributed by atoms with E-state index in [1.807, 2.05) is 4.90 Å². The molecule has 0 saturated carbocycles. The molecule has 22 heavy (non-hydrogen) atoms. The molecule has 1 saturated heterocycles. The topological polar surface area (TPSA) is 52.2 Å². The third-order valence-corrected chi connectivity index (χ3v) is 4.37. The molecular weight excluding hydrogens is 276 g/mol. The maximum atomic E-state index is 11.9. The highest BCUT2D eigenvalue weighted by Crippen LogP contribution is 2.20. The van der Waals surface area contributed by atoms with Crippen LogP contribution in [0.15, 0.2) is 6.07 Å². The van der Waals surface area contributed by atoms with Crippen LogP contribution in [-0.4, -0.2) is 52.1 Å². The summed E-state index contributed by atoms with van der Waals surface area (Å²) in [5.41, 5.74) is 2.33. The zero-order valence-electron chi connectivity index (χ0n) is 14.4. The monoisotopic (exact) mass is 306 g/mol. The van der Waals surface area contributed by atoms with E-state index >= 15 is 0 Å². The first-order valence-electron chi connectivity index (χ1n) is 8.50. The fraction of sp³-hybridized carbons (Fsp3) is 0.765. The highest BCUT2D eigenvalue weighted by Gasteiger charge is 2.27. The van der Waals surface area contributed by atoms with Crippen LogP contribution in [0.25, 0.3) is 0 Å². The molecule has 1 aliphatic heterocycles. The molecule has 1 atom stereocenters. The molecule has 124 valence electrons. The number of hydrogen-bond donors (Lipinski definition) is 1. The van der Waals surface area contributed by atoms with Gasteiger partial charge in [0, 0.05) is 37.8 Å². The quantitative estimate of drug-likeness (QED) is 0.842. The summed E-state index contributed by atoms with van der Waals surface area (Å²) < 4.78 is 0. The van der Waals surface area contributed by atoms with E-state index in [0.717, 1.165) is 44.6 Å². The number of carbonyl (C=O) groups excluding carboxylic acids is 1. The molecule has 0 spiro atoms. The van der Waals surface area contributed by atoms with Gasteiger partial charge in [-0.15, -0.1) is 0 Å². The number of nitrogens with zero attached hydrogens (tertiary/aromatic N) is 3. The van der Waals surface area contributed by atoms with Crippen LogP contribution in [0.1, 0.15) is 51.4 Å². The Hall–Kier alpha value is -1.36. The number of likely N-dealkylation sites (tertiary alicyclic amines) is 1. The van der Waals surface area contributed by atoms with Gasteiger partial charge >= 0.3 is 0 Å². The summed E-state index contributed by atoms with van der Waals surface area (Å²) in [4.78, 5) is 16.3. The molecule has 1 N–H and O–H groups in total. The number of carbonyl (C=O) groups is 1. The van der Waals surface area contributed by atoms with Gasteiger partial charge < -0.3 is 9.80 Å². The average molecular weight is 306 g/mol. The second-order valence-electron chi connectivity index (χ2n) is 6.88. The van der Waals surface area contributed by atoms with Crippen molar-refractivity contribution in [2.45, 2.75) is 59.0 Å². The molecule has 1 aliphatic rings. The molecule has 1 fully saturated rings. The Morgan fingerprint density at radius 1 is 1.50 bits per heavy atom. The van der Waals surface area contributed by atoms with Crippen LogP contribution in [0.2, 0.25) is 0 Å². The minimum atomic E-state index is 0.310. The Labute approximate surface area is 134 Å². The lowest BCUT2D eigenvalue weighted by Crippen LogP contribution is -2.46. The van der Waals surface area contributed by atoms with Crippen molar-refractivity contribution in [3.63, 3.8) is 0 Å². The van der Waals surface area contributed by atoms with E-state index < -0.39 is 0 Å². The van der Waals surface area contributed by atoms with Gasteiger partial charge in [-0.1, -0.05) is 13.3 Å². The standard InChI is InChI=1S/C17H30N4O/c1-5-6-15-9-16(19-18-15)12-20(4)10-14-7-8-17(22)21(11-14)13(2)3/h9,13-14H,5-8,10-12H2,1-4H3,(H,18,19). The first kappa shape index (κ1) is 17.0. The van der Waals surface area contributed by atoms with Crippen LogP contribution in [0.3, 0.4) is 0 Å². The first-order chi connectivity index (χ1) is 10.5. The Bertz CT molecular complexity index is 483. The number of nitrogens with one attached hydrogen (secondary N) is 1. The van der Waals surface area contributed by atoms with Gasteiger partial charge in [-0.3, -0.25) is 9.89 Å². The summed E-state index contributed by atoms with van der Waals surface area (Å²) in [5.74, 6) is 0.884. The summed E-state index contributed by atoms with van der Waals surface area (Å²) in [5, 5.41) is 7.48. The van der Waals surface area contributed by atoms with Crippen LogP contribution in [-0.2, 0) is 17.8 Å². The molecule has 0 bridgehead atoms. The molecule has 1 unspecified atom stereocenters. The van der Waals surface area contributed by atoms with E-state index in [1.165, 1.54) is 5.69 Å². The smallest absolute Gasteiger partial charge is 0.222 e. The summed E-state index contributed by atoms with van der Waals surface area (Å²) in [6.07, 6.45) is 3.87. The van der Waals surface area contributed by atoms with Gasteiger partial charge in [0.1, 0.15) is 0 Å². The molecule has 1 aromatic heterocycles. The van der Waals surface area contributed by atoms with Crippen molar-refractivity contribution < 1.29 is 4.79 Å². The number of rotatable bonds is 7. The second-order valence-corrected chi connectivity index (χ2v) is 6.88. The second kappa shape index (κ2) is 7.77. The van der Waals surface area contributed by atoms with Gasteiger partial charge in [-0.05, 0) is 45.7 Å². The lowest BCUT2D eigenvalue weighted by molar-refractivity contribution is -0.136. The van der Waals surface area contributed by atoms with Gasteiger partial charge in [0.25, 0.3) is 0 Å². The van der Waals surface area contributed by atoms with Crippen molar-refractivity contribution >= 4 is 5.91 Å².